The number of nitrogen functional groups attached to an aromatic ring is 1. The maximum absolute atomic E-state index is 6.32. The number of hydrogen-bond acceptors (Lipinski definition) is 4. The molecule has 1 heterocycles. The zero-order chi connectivity index (χ0) is 15.8. The number of rotatable bonds is 2. The molecular formula is C18H14ClN3O. The van der Waals surface area contributed by atoms with Crippen molar-refractivity contribution < 1.29 is 4.84 Å². The van der Waals surface area contributed by atoms with Crippen LogP contribution in [0, 0.1) is 0 Å². The molecule has 0 saturated heterocycles. The molecule has 23 heavy (non-hydrogen) atoms. The highest BCUT2D eigenvalue weighted by Gasteiger charge is 2.19. The quantitative estimate of drug-likeness (QED) is 0.689. The van der Waals surface area contributed by atoms with Gasteiger partial charge in [-0.05, 0) is 23.6 Å². The summed E-state index contributed by atoms with van der Waals surface area (Å²) in [7, 11) is 0. The summed E-state index contributed by atoms with van der Waals surface area (Å²) in [6.45, 7) is 0. The maximum atomic E-state index is 6.32. The van der Waals surface area contributed by atoms with Crippen molar-refractivity contribution in [3.05, 3.63) is 77.4 Å². The number of nitrogens with two attached hydrogens (primary N) is 1. The van der Waals surface area contributed by atoms with E-state index in [2.05, 4.69) is 5.59 Å². The molecule has 1 aliphatic heterocycles. The number of halogens is 1. The Morgan fingerprint density at radius 3 is 2.74 bits per heavy atom. The molecule has 0 amide bonds. The lowest BCUT2D eigenvalue weighted by Crippen LogP contribution is -2.27. The summed E-state index contributed by atoms with van der Waals surface area (Å²) < 4.78 is 0. The van der Waals surface area contributed by atoms with Crippen LogP contribution in [0.2, 0.25) is 5.02 Å². The molecule has 3 aromatic carbocycles. The molecule has 114 valence electrons. The molecule has 3 N–H and O–H groups in total. The van der Waals surface area contributed by atoms with Crippen LogP contribution in [0.3, 0.4) is 0 Å². The predicted molar refractivity (Wildman–Crippen MR) is 94.5 cm³/mol. The van der Waals surface area contributed by atoms with Crippen LogP contribution < -0.4 is 16.3 Å². The van der Waals surface area contributed by atoms with E-state index in [0.29, 0.717) is 16.5 Å². The van der Waals surface area contributed by atoms with Crippen LogP contribution in [0.4, 0.5) is 11.4 Å². The first-order chi connectivity index (χ1) is 11.2. The fourth-order valence-corrected chi connectivity index (χ4v) is 2.85. The molecule has 0 spiro atoms. The Morgan fingerprint density at radius 2 is 1.87 bits per heavy atom. The van der Waals surface area contributed by atoms with Gasteiger partial charge in [-0.1, -0.05) is 59.7 Å². The minimum absolute atomic E-state index is 0.663. The smallest absolute Gasteiger partial charge is 0.174 e. The minimum atomic E-state index is 0.663. The summed E-state index contributed by atoms with van der Waals surface area (Å²) in [6.07, 6.45) is 1.85. The Labute approximate surface area is 138 Å². The van der Waals surface area contributed by atoms with E-state index in [1.807, 2.05) is 66.9 Å². The van der Waals surface area contributed by atoms with Crippen LogP contribution in [0.15, 0.2) is 66.9 Å². The number of benzene rings is 3. The van der Waals surface area contributed by atoms with Gasteiger partial charge in [-0.25, -0.2) is 5.01 Å². The molecule has 0 radical (unpaired) electrons. The van der Waals surface area contributed by atoms with Crippen molar-refractivity contribution in [2.45, 2.75) is 0 Å². The van der Waals surface area contributed by atoms with Crippen LogP contribution in [0.1, 0.15) is 5.56 Å². The molecule has 0 unspecified atom stereocenters. The van der Waals surface area contributed by atoms with Gasteiger partial charge in [-0.3, -0.25) is 0 Å². The van der Waals surface area contributed by atoms with Crippen molar-refractivity contribution in [3.8, 4) is 0 Å². The average Bonchev–Trinajstić information content (AvgIpc) is 3.05. The molecule has 4 nitrogen and oxygen atoms in total. The zero-order valence-corrected chi connectivity index (χ0v) is 12.9. The lowest BCUT2D eigenvalue weighted by atomic mass is 10.1. The Kier molecular flexibility index (Phi) is 3.33. The van der Waals surface area contributed by atoms with Gasteiger partial charge in [0.2, 0.25) is 0 Å². The van der Waals surface area contributed by atoms with Crippen LogP contribution >= 0.6 is 11.6 Å². The summed E-state index contributed by atoms with van der Waals surface area (Å²) in [5, 5.41) is 4.54. The van der Waals surface area contributed by atoms with Gasteiger partial charge in [0, 0.05) is 16.0 Å². The van der Waals surface area contributed by atoms with Gasteiger partial charge in [-0.15, -0.1) is 0 Å². The Balaban J connectivity index is 1.73. The molecule has 0 saturated carbocycles. The second kappa shape index (κ2) is 5.50. The van der Waals surface area contributed by atoms with Crippen molar-refractivity contribution in [3.63, 3.8) is 0 Å². The highest BCUT2D eigenvalue weighted by molar-refractivity contribution is 6.30. The molecule has 0 fully saturated rings. The van der Waals surface area contributed by atoms with Crippen molar-refractivity contribution >= 4 is 39.5 Å². The summed E-state index contributed by atoms with van der Waals surface area (Å²) in [5.41, 5.74) is 11.6. The summed E-state index contributed by atoms with van der Waals surface area (Å²) >= 11 is 6.03. The van der Waals surface area contributed by atoms with Crippen LogP contribution in [-0.2, 0) is 4.84 Å². The molecule has 0 bridgehead atoms. The van der Waals surface area contributed by atoms with Gasteiger partial charge < -0.3 is 10.6 Å². The number of hydrogen-bond donors (Lipinski definition) is 2. The molecule has 0 atom stereocenters. The molecular weight excluding hydrogens is 310 g/mol. The Hall–Kier alpha value is -2.69. The van der Waals surface area contributed by atoms with Gasteiger partial charge in [0.05, 0.1) is 17.6 Å². The standard InChI is InChI=1S/C18H14ClN3O/c19-14-6-3-5-13(10-14)17-11-22(21-23-17)16-9-8-12-4-1-2-7-15(12)18(16)20/h1-11,21H,20H2. The van der Waals surface area contributed by atoms with E-state index in [-0.39, 0.29) is 0 Å². The molecule has 4 rings (SSSR count). The van der Waals surface area contributed by atoms with Gasteiger partial charge >= 0.3 is 0 Å². The highest BCUT2D eigenvalue weighted by atomic mass is 35.5. The van der Waals surface area contributed by atoms with E-state index in [0.717, 1.165) is 22.0 Å². The van der Waals surface area contributed by atoms with E-state index in [1.165, 1.54) is 0 Å². The van der Waals surface area contributed by atoms with E-state index >= 15 is 0 Å². The number of nitrogens with zero attached hydrogens (tertiary/aromatic N) is 1. The number of anilines is 2. The molecule has 1 aliphatic rings. The first-order valence-electron chi connectivity index (χ1n) is 7.19. The maximum Gasteiger partial charge on any atom is 0.174 e. The fraction of sp³-hybridized carbons (Fsp3) is 0. The average molecular weight is 324 g/mol. The first-order valence-corrected chi connectivity index (χ1v) is 7.57. The Bertz CT molecular complexity index is 923. The van der Waals surface area contributed by atoms with Crippen LogP contribution in [0.25, 0.3) is 16.5 Å². The van der Waals surface area contributed by atoms with E-state index in [9.17, 15) is 0 Å². The van der Waals surface area contributed by atoms with Crippen molar-refractivity contribution in [1.29, 1.82) is 0 Å². The van der Waals surface area contributed by atoms with Crippen LogP contribution in [0.5, 0.6) is 0 Å². The van der Waals surface area contributed by atoms with Gasteiger partial charge in [0.15, 0.2) is 5.76 Å². The third kappa shape index (κ3) is 2.48. The van der Waals surface area contributed by atoms with Gasteiger partial charge in [0.1, 0.15) is 0 Å². The largest absolute Gasteiger partial charge is 0.396 e. The molecule has 3 aromatic rings. The van der Waals surface area contributed by atoms with Crippen LogP contribution in [-0.4, -0.2) is 0 Å². The normalized spacial score (nSPS) is 14.0. The summed E-state index contributed by atoms with van der Waals surface area (Å²) in [4.78, 5) is 5.55. The third-order valence-corrected chi connectivity index (χ3v) is 4.05. The topological polar surface area (TPSA) is 50.5 Å². The second-order valence-electron chi connectivity index (χ2n) is 5.29. The lowest BCUT2D eigenvalue weighted by molar-refractivity contribution is 0.180. The molecule has 0 aromatic heterocycles. The van der Waals surface area contributed by atoms with Crippen molar-refractivity contribution in [2.24, 2.45) is 0 Å². The first kappa shape index (κ1) is 13.9. The number of hydrazine groups is 1. The van der Waals surface area contributed by atoms with E-state index < -0.39 is 0 Å². The third-order valence-electron chi connectivity index (χ3n) is 3.82. The molecule has 0 aliphatic carbocycles. The summed E-state index contributed by atoms with van der Waals surface area (Å²) in [5.74, 6) is 0.681. The van der Waals surface area contributed by atoms with E-state index in [1.54, 1.807) is 5.01 Å². The van der Waals surface area contributed by atoms with Crippen molar-refractivity contribution in [2.75, 3.05) is 10.7 Å². The number of fused-ring (bicyclic) bond motifs is 1. The molecule has 5 heteroatoms. The summed E-state index contributed by atoms with van der Waals surface area (Å²) in [6, 6.07) is 19.5. The second-order valence-corrected chi connectivity index (χ2v) is 5.72. The number of nitrogens with one attached hydrogen (secondary N) is 1. The lowest BCUT2D eigenvalue weighted by Gasteiger charge is -2.17. The minimum Gasteiger partial charge on any atom is -0.396 e. The van der Waals surface area contributed by atoms with Gasteiger partial charge in [0.25, 0.3) is 0 Å². The zero-order valence-electron chi connectivity index (χ0n) is 12.2. The van der Waals surface area contributed by atoms with E-state index in [4.69, 9.17) is 22.2 Å². The predicted octanol–water partition coefficient (Wildman–Crippen LogP) is 4.33. The van der Waals surface area contributed by atoms with Gasteiger partial charge in [-0.2, -0.15) is 0 Å². The fourth-order valence-electron chi connectivity index (χ4n) is 2.66. The monoisotopic (exact) mass is 323 g/mol. The Morgan fingerprint density at radius 1 is 1.00 bits per heavy atom. The highest BCUT2D eigenvalue weighted by Crippen LogP contribution is 2.33. The SMILES string of the molecule is Nc1c(N2C=C(c3cccc(Cl)c3)ON2)ccc2ccccc12. The van der Waals surface area contributed by atoms with Crippen molar-refractivity contribution in [1.82, 2.24) is 5.59 Å².